The van der Waals surface area contributed by atoms with Crippen LogP contribution in [0.3, 0.4) is 0 Å². The van der Waals surface area contributed by atoms with Gasteiger partial charge in [-0.15, -0.1) is 0 Å². The zero-order chi connectivity index (χ0) is 13.5. The fourth-order valence-electron chi connectivity index (χ4n) is 1.33. The second-order valence-electron chi connectivity index (χ2n) is 3.44. The summed E-state index contributed by atoms with van der Waals surface area (Å²) in [6, 6.07) is 6.36. The third kappa shape index (κ3) is 3.23. The summed E-state index contributed by atoms with van der Waals surface area (Å²) in [6.45, 7) is -0.167. The highest BCUT2D eigenvalue weighted by Crippen LogP contribution is 2.20. The first-order chi connectivity index (χ1) is 8.60. The Morgan fingerprint density at radius 3 is 2.72 bits per heavy atom. The molecule has 1 rings (SSSR count). The topological polar surface area (TPSA) is 95.4 Å². The van der Waals surface area contributed by atoms with E-state index in [1.807, 2.05) is 0 Å². The van der Waals surface area contributed by atoms with E-state index in [2.05, 4.69) is 14.8 Å². The smallest absolute Gasteiger partial charge is 0.325 e. The number of esters is 1. The highest BCUT2D eigenvalue weighted by atomic mass is 16.5. The standard InChI is InChI=1S/C11H12N4O3/c1-15(7-10(16)18-2)11(17)8-5-3-4-6-9(8)13-14-12/h3-6H,7H2,1-2H3. The molecule has 7 nitrogen and oxygen atoms in total. The summed E-state index contributed by atoms with van der Waals surface area (Å²) >= 11 is 0. The number of hydrogen-bond donors (Lipinski definition) is 0. The van der Waals surface area contributed by atoms with Gasteiger partial charge >= 0.3 is 5.97 Å². The Kier molecular flexibility index (Phi) is 4.71. The molecule has 0 heterocycles. The molecule has 7 heteroatoms. The van der Waals surface area contributed by atoms with Crippen LogP contribution in [0.15, 0.2) is 29.4 Å². The van der Waals surface area contributed by atoms with Crippen LogP contribution in [0.4, 0.5) is 5.69 Å². The highest BCUT2D eigenvalue weighted by molar-refractivity contribution is 6.00. The number of azide groups is 1. The zero-order valence-corrected chi connectivity index (χ0v) is 10.0. The molecule has 0 N–H and O–H groups in total. The summed E-state index contributed by atoms with van der Waals surface area (Å²) in [7, 11) is 2.71. The lowest BCUT2D eigenvalue weighted by molar-refractivity contribution is -0.141. The Hall–Kier alpha value is -2.53. The van der Waals surface area contributed by atoms with E-state index in [4.69, 9.17) is 5.53 Å². The number of amides is 1. The molecule has 0 aliphatic carbocycles. The Balaban J connectivity index is 2.96. The van der Waals surface area contributed by atoms with Gasteiger partial charge in [0.2, 0.25) is 0 Å². The molecule has 0 unspecified atom stereocenters. The predicted octanol–water partition coefficient (Wildman–Crippen LogP) is 1.87. The van der Waals surface area contributed by atoms with Gasteiger partial charge in [-0.25, -0.2) is 0 Å². The second kappa shape index (κ2) is 6.27. The number of likely N-dealkylation sites (N-methyl/N-ethyl adjacent to an activating group) is 1. The van der Waals surface area contributed by atoms with Gasteiger partial charge in [-0.3, -0.25) is 9.59 Å². The molecule has 0 saturated carbocycles. The van der Waals surface area contributed by atoms with Gasteiger partial charge in [-0.1, -0.05) is 23.3 Å². The third-order valence-corrected chi connectivity index (χ3v) is 2.23. The first-order valence-corrected chi connectivity index (χ1v) is 5.06. The number of ether oxygens (including phenoxy) is 1. The van der Waals surface area contributed by atoms with E-state index in [-0.39, 0.29) is 17.8 Å². The minimum atomic E-state index is -0.521. The predicted molar refractivity (Wildman–Crippen MR) is 64.2 cm³/mol. The van der Waals surface area contributed by atoms with E-state index in [0.29, 0.717) is 0 Å². The molecule has 1 aromatic rings. The number of hydrogen-bond acceptors (Lipinski definition) is 4. The van der Waals surface area contributed by atoms with Crippen LogP contribution in [0.5, 0.6) is 0 Å². The lowest BCUT2D eigenvalue weighted by atomic mass is 10.1. The molecule has 18 heavy (non-hydrogen) atoms. The van der Waals surface area contributed by atoms with E-state index in [1.54, 1.807) is 12.1 Å². The molecular formula is C11H12N4O3. The molecule has 0 aliphatic rings. The van der Waals surface area contributed by atoms with Crippen molar-refractivity contribution in [3.63, 3.8) is 0 Å². The number of nitrogens with zero attached hydrogens (tertiary/aromatic N) is 4. The van der Waals surface area contributed by atoms with Crippen molar-refractivity contribution in [2.75, 3.05) is 20.7 Å². The van der Waals surface area contributed by atoms with Crippen molar-refractivity contribution in [1.29, 1.82) is 0 Å². The van der Waals surface area contributed by atoms with Gasteiger partial charge < -0.3 is 9.64 Å². The Morgan fingerprint density at radius 2 is 2.11 bits per heavy atom. The van der Waals surface area contributed by atoms with E-state index in [9.17, 15) is 9.59 Å². The molecule has 0 saturated heterocycles. The van der Waals surface area contributed by atoms with Crippen molar-refractivity contribution in [2.24, 2.45) is 5.11 Å². The summed E-state index contributed by atoms with van der Waals surface area (Å²) in [6.07, 6.45) is 0. The summed E-state index contributed by atoms with van der Waals surface area (Å²) in [5, 5.41) is 3.43. The molecule has 0 aromatic heterocycles. The minimum absolute atomic E-state index is 0.167. The maximum atomic E-state index is 12.0. The number of carbonyl (C=O) groups excluding carboxylic acids is 2. The van der Waals surface area contributed by atoms with Crippen LogP contribution >= 0.6 is 0 Å². The van der Waals surface area contributed by atoms with Gasteiger partial charge in [0.15, 0.2) is 0 Å². The molecule has 1 aromatic carbocycles. The number of carbonyl (C=O) groups is 2. The Labute approximate surface area is 104 Å². The van der Waals surface area contributed by atoms with Crippen LogP contribution < -0.4 is 0 Å². The molecule has 0 atom stereocenters. The SMILES string of the molecule is COC(=O)CN(C)C(=O)c1ccccc1N=[N+]=[N-]. The van der Waals surface area contributed by atoms with Gasteiger partial charge in [-0.05, 0) is 11.6 Å². The van der Waals surface area contributed by atoms with Gasteiger partial charge in [0.1, 0.15) is 6.54 Å². The lowest BCUT2D eigenvalue weighted by Crippen LogP contribution is -2.32. The molecule has 0 spiro atoms. The van der Waals surface area contributed by atoms with Crippen molar-refractivity contribution >= 4 is 17.6 Å². The number of rotatable bonds is 4. The summed E-state index contributed by atoms with van der Waals surface area (Å²) in [4.78, 5) is 26.9. The average molecular weight is 248 g/mol. The van der Waals surface area contributed by atoms with Crippen LogP contribution in [-0.4, -0.2) is 37.5 Å². The normalized spacial score (nSPS) is 9.22. The molecule has 94 valence electrons. The quantitative estimate of drug-likeness (QED) is 0.352. The van der Waals surface area contributed by atoms with E-state index in [0.717, 1.165) is 0 Å². The fraction of sp³-hybridized carbons (Fsp3) is 0.273. The van der Waals surface area contributed by atoms with Crippen molar-refractivity contribution in [1.82, 2.24) is 4.90 Å². The second-order valence-corrected chi connectivity index (χ2v) is 3.44. The first-order valence-electron chi connectivity index (χ1n) is 5.06. The minimum Gasteiger partial charge on any atom is -0.468 e. The third-order valence-electron chi connectivity index (χ3n) is 2.23. The van der Waals surface area contributed by atoms with Crippen LogP contribution in [0.2, 0.25) is 0 Å². The highest BCUT2D eigenvalue weighted by Gasteiger charge is 2.17. The van der Waals surface area contributed by atoms with E-state index < -0.39 is 11.9 Å². The summed E-state index contributed by atoms with van der Waals surface area (Å²) in [5.74, 6) is -0.935. The Bertz CT molecular complexity index is 509. The summed E-state index contributed by atoms with van der Waals surface area (Å²) < 4.78 is 4.47. The van der Waals surface area contributed by atoms with Crippen LogP contribution in [0.25, 0.3) is 10.4 Å². The van der Waals surface area contributed by atoms with Gasteiger partial charge in [0.05, 0.1) is 12.8 Å². The van der Waals surface area contributed by atoms with Gasteiger partial charge in [-0.2, -0.15) is 0 Å². The van der Waals surface area contributed by atoms with Crippen LogP contribution in [0.1, 0.15) is 10.4 Å². The molecular weight excluding hydrogens is 236 g/mol. The van der Waals surface area contributed by atoms with E-state index >= 15 is 0 Å². The first kappa shape index (κ1) is 13.5. The molecule has 1 amide bonds. The lowest BCUT2D eigenvalue weighted by Gasteiger charge is -2.16. The molecule has 0 fully saturated rings. The fourth-order valence-corrected chi connectivity index (χ4v) is 1.33. The van der Waals surface area contributed by atoms with Crippen molar-refractivity contribution in [2.45, 2.75) is 0 Å². The number of benzene rings is 1. The average Bonchev–Trinajstić information content (AvgIpc) is 2.38. The van der Waals surface area contributed by atoms with Crippen LogP contribution in [-0.2, 0) is 9.53 Å². The maximum absolute atomic E-state index is 12.0. The largest absolute Gasteiger partial charge is 0.468 e. The van der Waals surface area contributed by atoms with Crippen LogP contribution in [0, 0.1) is 0 Å². The van der Waals surface area contributed by atoms with Gasteiger partial charge in [0, 0.05) is 17.5 Å². The number of methoxy groups -OCH3 is 1. The van der Waals surface area contributed by atoms with Gasteiger partial charge in [0.25, 0.3) is 5.91 Å². The maximum Gasteiger partial charge on any atom is 0.325 e. The van der Waals surface area contributed by atoms with Crippen molar-refractivity contribution < 1.29 is 14.3 Å². The summed E-state index contributed by atoms with van der Waals surface area (Å²) in [5.41, 5.74) is 8.87. The molecule has 0 radical (unpaired) electrons. The van der Waals surface area contributed by atoms with E-state index in [1.165, 1.54) is 31.2 Å². The Morgan fingerprint density at radius 1 is 1.44 bits per heavy atom. The van der Waals surface area contributed by atoms with Crippen molar-refractivity contribution in [3.05, 3.63) is 40.3 Å². The molecule has 0 bridgehead atoms. The zero-order valence-electron chi connectivity index (χ0n) is 10.0. The monoisotopic (exact) mass is 248 g/mol. The van der Waals surface area contributed by atoms with Crippen molar-refractivity contribution in [3.8, 4) is 0 Å². The molecule has 0 aliphatic heterocycles.